The van der Waals surface area contributed by atoms with Gasteiger partial charge >= 0.3 is 6.18 Å². The van der Waals surface area contributed by atoms with Crippen molar-refractivity contribution in [3.63, 3.8) is 0 Å². The number of rotatable bonds is 5. The SMILES string of the molecule is Nc1nc(SCc2cccc(C(F)(F)F)c2)[nH]c(=O)c1NC(=O)c1ccc(Br)o1. The summed E-state index contributed by atoms with van der Waals surface area (Å²) < 4.78 is 43.8. The lowest BCUT2D eigenvalue weighted by molar-refractivity contribution is -0.137. The molecule has 29 heavy (non-hydrogen) atoms. The quantitative estimate of drug-likeness (QED) is 0.365. The van der Waals surface area contributed by atoms with Gasteiger partial charge < -0.3 is 15.5 Å². The number of aromatic nitrogens is 2. The number of nitrogens with zero attached hydrogens (tertiary/aromatic N) is 1. The highest BCUT2D eigenvalue weighted by atomic mass is 79.9. The fraction of sp³-hybridized carbons (Fsp3) is 0.118. The van der Waals surface area contributed by atoms with Gasteiger partial charge in [0, 0.05) is 5.75 Å². The zero-order chi connectivity index (χ0) is 21.2. The van der Waals surface area contributed by atoms with Crippen molar-refractivity contribution in [2.24, 2.45) is 0 Å². The van der Waals surface area contributed by atoms with Crippen LogP contribution >= 0.6 is 27.7 Å². The Bertz CT molecular complexity index is 1110. The molecule has 0 unspecified atom stereocenters. The normalized spacial score (nSPS) is 11.4. The average Bonchev–Trinajstić information content (AvgIpc) is 3.09. The summed E-state index contributed by atoms with van der Waals surface area (Å²) in [5, 5.41) is 2.41. The molecule has 0 saturated carbocycles. The van der Waals surface area contributed by atoms with E-state index in [1.807, 2.05) is 0 Å². The molecule has 0 saturated heterocycles. The number of alkyl halides is 3. The highest BCUT2D eigenvalue weighted by Crippen LogP contribution is 2.31. The van der Waals surface area contributed by atoms with Crippen LogP contribution in [0.15, 0.2) is 55.4 Å². The lowest BCUT2D eigenvalue weighted by Gasteiger charge is -2.09. The van der Waals surface area contributed by atoms with Gasteiger partial charge in [-0.1, -0.05) is 30.0 Å². The number of nitrogens with one attached hydrogen (secondary N) is 2. The van der Waals surface area contributed by atoms with Crippen molar-refractivity contribution in [2.45, 2.75) is 17.1 Å². The van der Waals surface area contributed by atoms with Crippen LogP contribution in [0.3, 0.4) is 0 Å². The molecule has 1 aromatic carbocycles. The van der Waals surface area contributed by atoms with Crippen LogP contribution in [0.2, 0.25) is 0 Å². The molecule has 152 valence electrons. The molecule has 3 aromatic rings. The van der Waals surface area contributed by atoms with Crippen molar-refractivity contribution < 1.29 is 22.4 Å². The zero-order valence-electron chi connectivity index (χ0n) is 14.3. The van der Waals surface area contributed by atoms with Crippen molar-refractivity contribution in [1.82, 2.24) is 9.97 Å². The first-order valence-corrected chi connectivity index (χ1v) is 9.67. The second-order valence-corrected chi connectivity index (χ2v) is 7.42. The molecule has 0 fully saturated rings. The van der Waals surface area contributed by atoms with Crippen LogP contribution in [0.5, 0.6) is 0 Å². The number of carbonyl (C=O) groups excluding carboxylic acids is 1. The topological polar surface area (TPSA) is 114 Å². The Morgan fingerprint density at radius 2 is 2.07 bits per heavy atom. The first-order valence-electron chi connectivity index (χ1n) is 7.89. The van der Waals surface area contributed by atoms with Crippen molar-refractivity contribution in [3.05, 3.63) is 68.3 Å². The van der Waals surface area contributed by atoms with E-state index in [1.54, 1.807) is 0 Å². The number of aromatic amines is 1. The molecule has 0 spiro atoms. The molecule has 0 bridgehead atoms. The highest BCUT2D eigenvalue weighted by Gasteiger charge is 2.30. The minimum Gasteiger partial charge on any atom is -0.444 e. The third kappa shape index (κ3) is 5.21. The Kier molecular flexibility index (Phi) is 6.03. The zero-order valence-corrected chi connectivity index (χ0v) is 16.7. The lowest BCUT2D eigenvalue weighted by Crippen LogP contribution is -2.22. The van der Waals surface area contributed by atoms with Gasteiger partial charge in [-0.15, -0.1) is 0 Å². The second-order valence-electron chi connectivity index (χ2n) is 5.68. The van der Waals surface area contributed by atoms with E-state index in [9.17, 15) is 22.8 Å². The molecular formula is C17H12BrF3N4O3S. The summed E-state index contributed by atoms with van der Waals surface area (Å²) in [5.74, 6) is -0.852. The van der Waals surface area contributed by atoms with Crippen LogP contribution in [0, 0.1) is 0 Å². The number of anilines is 2. The maximum Gasteiger partial charge on any atom is 0.416 e. The number of benzene rings is 1. The van der Waals surface area contributed by atoms with Crippen LogP contribution in [0.4, 0.5) is 24.7 Å². The van der Waals surface area contributed by atoms with Crippen LogP contribution in [-0.2, 0) is 11.9 Å². The minimum absolute atomic E-state index is 0.0429. The van der Waals surface area contributed by atoms with E-state index in [2.05, 4.69) is 31.2 Å². The lowest BCUT2D eigenvalue weighted by atomic mass is 10.1. The van der Waals surface area contributed by atoms with Gasteiger partial charge in [0.15, 0.2) is 27.1 Å². The number of furan rings is 1. The van der Waals surface area contributed by atoms with E-state index in [0.717, 1.165) is 23.9 Å². The molecule has 3 rings (SSSR count). The summed E-state index contributed by atoms with van der Waals surface area (Å²) in [6, 6.07) is 7.73. The Morgan fingerprint density at radius 1 is 1.31 bits per heavy atom. The molecule has 2 heterocycles. The Hall–Kier alpha value is -2.73. The van der Waals surface area contributed by atoms with Gasteiger partial charge in [-0.25, -0.2) is 4.98 Å². The second kappa shape index (κ2) is 8.33. The molecule has 7 nitrogen and oxygen atoms in total. The van der Waals surface area contributed by atoms with E-state index < -0.39 is 23.2 Å². The molecule has 0 aliphatic rings. The predicted molar refractivity (Wildman–Crippen MR) is 105 cm³/mol. The minimum atomic E-state index is -4.44. The van der Waals surface area contributed by atoms with Gasteiger partial charge in [-0.05, 0) is 39.7 Å². The fourth-order valence-electron chi connectivity index (χ4n) is 2.26. The summed E-state index contributed by atoms with van der Waals surface area (Å²) in [5.41, 5.74) is 4.42. The average molecular weight is 489 g/mol. The number of hydrogen-bond donors (Lipinski definition) is 3. The predicted octanol–water partition coefficient (Wildman–Crippen LogP) is 4.27. The number of nitrogens with two attached hydrogens (primary N) is 1. The maximum atomic E-state index is 12.8. The first-order chi connectivity index (χ1) is 13.6. The van der Waals surface area contributed by atoms with Crippen molar-refractivity contribution in [3.8, 4) is 0 Å². The molecule has 12 heteroatoms. The standard InChI is InChI=1S/C17H12BrF3N4O3S/c18-11-5-4-10(28-11)14(26)23-12-13(22)24-16(25-15(12)27)29-7-8-2-1-3-9(6-8)17(19,20)21/h1-6H,7H2,(H,23,26)(H3,22,24,25,27). The molecule has 4 N–H and O–H groups in total. The van der Waals surface area contributed by atoms with Gasteiger partial charge in [-0.3, -0.25) is 14.6 Å². The number of nitrogen functional groups attached to an aromatic ring is 1. The van der Waals surface area contributed by atoms with Crippen molar-refractivity contribution >= 4 is 45.1 Å². The fourth-order valence-corrected chi connectivity index (χ4v) is 3.38. The van der Waals surface area contributed by atoms with Crippen molar-refractivity contribution in [1.29, 1.82) is 0 Å². The van der Waals surface area contributed by atoms with E-state index >= 15 is 0 Å². The molecule has 0 aliphatic carbocycles. The molecular weight excluding hydrogens is 477 g/mol. The van der Waals surface area contributed by atoms with Gasteiger partial charge in [0.05, 0.1) is 5.56 Å². The monoisotopic (exact) mass is 488 g/mol. The number of halogens is 4. The third-order valence-corrected chi connectivity index (χ3v) is 4.96. The number of carbonyl (C=O) groups is 1. The van der Waals surface area contributed by atoms with Crippen LogP contribution < -0.4 is 16.6 Å². The summed E-state index contributed by atoms with van der Waals surface area (Å²) in [4.78, 5) is 30.7. The molecule has 0 aliphatic heterocycles. The summed E-state index contributed by atoms with van der Waals surface area (Å²) >= 11 is 4.06. The van der Waals surface area contributed by atoms with E-state index in [4.69, 9.17) is 10.2 Å². The largest absolute Gasteiger partial charge is 0.444 e. The van der Waals surface area contributed by atoms with Gasteiger partial charge in [0.2, 0.25) is 0 Å². The molecule has 0 atom stereocenters. The number of thioether (sulfide) groups is 1. The van der Waals surface area contributed by atoms with Gasteiger partial charge in [0.1, 0.15) is 0 Å². The van der Waals surface area contributed by atoms with Crippen LogP contribution in [0.25, 0.3) is 0 Å². The first kappa shape index (κ1) is 21.0. The van der Waals surface area contributed by atoms with E-state index in [0.29, 0.717) is 10.2 Å². The van der Waals surface area contributed by atoms with Crippen LogP contribution in [-0.4, -0.2) is 15.9 Å². The Balaban J connectivity index is 1.73. The third-order valence-electron chi connectivity index (χ3n) is 3.59. The van der Waals surface area contributed by atoms with Crippen LogP contribution in [0.1, 0.15) is 21.7 Å². The number of hydrogen-bond acceptors (Lipinski definition) is 6. The summed E-state index contributed by atoms with van der Waals surface area (Å²) in [6.45, 7) is 0. The smallest absolute Gasteiger partial charge is 0.416 e. The van der Waals surface area contributed by atoms with Crippen molar-refractivity contribution in [2.75, 3.05) is 11.1 Å². The van der Waals surface area contributed by atoms with E-state index in [1.165, 1.54) is 24.3 Å². The van der Waals surface area contributed by atoms with Gasteiger partial charge in [-0.2, -0.15) is 13.2 Å². The van der Waals surface area contributed by atoms with E-state index in [-0.39, 0.29) is 28.2 Å². The summed E-state index contributed by atoms with van der Waals surface area (Å²) in [6.07, 6.45) is -4.44. The highest BCUT2D eigenvalue weighted by molar-refractivity contribution is 9.10. The molecule has 2 aromatic heterocycles. The number of amides is 1. The summed E-state index contributed by atoms with van der Waals surface area (Å²) in [7, 11) is 0. The molecule has 1 amide bonds. The number of H-pyrrole nitrogens is 1. The molecule has 0 radical (unpaired) electrons. The van der Waals surface area contributed by atoms with Gasteiger partial charge in [0.25, 0.3) is 11.5 Å². The maximum absolute atomic E-state index is 12.8. The Morgan fingerprint density at radius 3 is 2.69 bits per heavy atom. The Labute approximate surface area is 174 Å².